The second-order valence-electron chi connectivity index (χ2n) is 7.82. The van der Waals surface area contributed by atoms with Crippen molar-refractivity contribution in [3.8, 4) is 0 Å². The molecular weight excluding hydrogens is 356 g/mol. The van der Waals surface area contributed by atoms with Crippen molar-refractivity contribution in [2.24, 2.45) is 5.92 Å². The zero-order valence-electron chi connectivity index (χ0n) is 16.5. The van der Waals surface area contributed by atoms with Crippen molar-refractivity contribution in [1.29, 1.82) is 0 Å². The van der Waals surface area contributed by atoms with Crippen LogP contribution in [0.2, 0.25) is 0 Å². The predicted molar refractivity (Wildman–Crippen MR) is 107 cm³/mol. The summed E-state index contributed by atoms with van der Waals surface area (Å²) in [5.41, 5.74) is 0.683. The molecule has 0 spiro atoms. The van der Waals surface area contributed by atoms with Gasteiger partial charge >= 0.3 is 6.03 Å². The second kappa shape index (κ2) is 9.68. The summed E-state index contributed by atoms with van der Waals surface area (Å²) in [4.78, 5) is 40.5. The molecule has 2 N–H and O–H groups in total. The van der Waals surface area contributed by atoms with Crippen LogP contribution in [0.15, 0.2) is 30.3 Å². The number of rotatable bonds is 4. The Morgan fingerprint density at radius 3 is 2.36 bits per heavy atom. The van der Waals surface area contributed by atoms with Gasteiger partial charge in [-0.05, 0) is 30.9 Å². The summed E-state index contributed by atoms with van der Waals surface area (Å²) >= 11 is 0. The summed E-state index contributed by atoms with van der Waals surface area (Å²) in [6, 6.07) is 8.97. The number of carbonyl (C=O) groups is 3. The van der Waals surface area contributed by atoms with E-state index in [0.717, 1.165) is 19.3 Å². The molecule has 1 saturated carbocycles. The van der Waals surface area contributed by atoms with Gasteiger partial charge in [-0.25, -0.2) is 4.79 Å². The molecule has 0 aromatic heterocycles. The molecule has 1 heterocycles. The number of amides is 4. The van der Waals surface area contributed by atoms with Crippen LogP contribution in [0.5, 0.6) is 0 Å². The summed E-state index contributed by atoms with van der Waals surface area (Å²) < 4.78 is 0. The minimum absolute atomic E-state index is 0.0191. The molecule has 3 rings (SSSR count). The van der Waals surface area contributed by atoms with Gasteiger partial charge in [0.2, 0.25) is 5.91 Å². The number of hydrogen-bond donors (Lipinski definition) is 2. The van der Waals surface area contributed by atoms with Gasteiger partial charge in [0.1, 0.15) is 0 Å². The van der Waals surface area contributed by atoms with Gasteiger partial charge in [0, 0.05) is 37.8 Å². The van der Waals surface area contributed by atoms with E-state index >= 15 is 0 Å². The maximum absolute atomic E-state index is 12.5. The highest BCUT2D eigenvalue weighted by Gasteiger charge is 2.25. The Morgan fingerprint density at radius 1 is 1.00 bits per heavy atom. The number of piperazine rings is 1. The number of benzene rings is 1. The third-order valence-electron chi connectivity index (χ3n) is 5.73. The molecule has 2 fully saturated rings. The molecule has 1 aliphatic carbocycles. The molecule has 2 unspecified atom stereocenters. The number of imide groups is 1. The minimum Gasteiger partial charge on any atom is -0.336 e. The molecule has 7 heteroatoms. The van der Waals surface area contributed by atoms with Gasteiger partial charge in [-0.1, -0.05) is 38.0 Å². The quantitative estimate of drug-likeness (QED) is 0.827. The largest absolute Gasteiger partial charge is 0.336 e. The fourth-order valence-electron chi connectivity index (χ4n) is 3.98. The molecule has 1 aromatic carbocycles. The Kier molecular flexibility index (Phi) is 7.03. The molecule has 1 aromatic rings. The van der Waals surface area contributed by atoms with Crippen molar-refractivity contribution < 1.29 is 14.4 Å². The maximum atomic E-state index is 12.5. The Hall–Kier alpha value is -2.41. The number of hydrogen-bond acceptors (Lipinski definition) is 4. The Balaban J connectivity index is 1.38. The normalized spacial score (nSPS) is 23.1. The molecule has 0 radical (unpaired) electrons. The van der Waals surface area contributed by atoms with Gasteiger partial charge in [0.15, 0.2) is 0 Å². The summed E-state index contributed by atoms with van der Waals surface area (Å²) in [5, 5.41) is 5.38. The molecule has 0 bridgehead atoms. The molecule has 2 atom stereocenters. The van der Waals surface area contributed by atoms with Crippen LogP contribution in [0.4, 0.5) is 4.79 Å². The first-order chi connectivity index (χ1) is 13.5. The van der Waals surface area contributed by atoms with Crippen LogP contribution in [0.25, 0.3) is 0 Å². The van der Waals surface area contributed by atoms with E-state index in [-0.39, 0.29) is 24.4 Å². The molecule has 7 nitrogen and oxygen atoms in total. The summed E-state index contributed by atoms with van der Waals surface area (Å²) in [6.45, 7) is 4.70. The average molecular weight is 386 g/mol. The van der Waals surface area contributed by atoms with Crippen LogP contribution < -0.4 is 10.6 Å². The molecule has 4 amide bonds. The van der Waals surface area contributed by atoms with Crippen molar-refractivity contribution in [2.45, 2.75) is 38.6 Å². The lowest BCUT2D eigenvalue weighted by Crippen LogP contribution is -2.53. The second-order valence-corrected chi connectivity index (χ2v) is 7.82. The van der Waals surface area contributed by atoms with Crippen LogP contribution in [0, 0.1) is 5.92 Å². The summed E-state index contributed by atoms with van der Waals surface area (Å²) in [7, 11) is 0. The SMILES string of the molecule is CC1CCCCC1NC(=O)NC(=O)CN1CCN(C(=O)c2ccccc2)CC1. The Labute approximate surface area is 166 Å². The van der Waals surface area contributed by atoms with Crippen molar-refractivity contribution in [2.75, 3.05) is 32.7 Å². The van der Waals surface area contributed by atoms with Gasteiger partial charge in [0.05, 0.1) is 6.54 Å². The molecule has 152 valence electrons. The smallest absolute Gasteiger partial charge is 0.321 e. The zero-order valence-corrected chi connectivity index (χ0v) is 16.5. The highest BCUT2D eigenvalue weighted by Crippen LogP contribution is 2.23. The highest BCUT2D eigenvalue weighted by atomic mass is 16.2. The third-order valence-corrected chi connectivity index (χ3v) is 5.73. The van der Waals surface area contributed by atoms with Crippen LogP contribution in [-0.4, -0.2) is 66.4 Å². The van der Waals surface area contributed by atoms with E-state index in [4.69, 9.17) is 0 Å². The van der Waals surface area contributed by atoms with Gasteiger partial charge in [-0.15, -0.1) is 0 Å². The van der Waals surface area contributed by atoms with E-state index in [1.54, 1.807) is 4.90 Å². The van der Waals surface area contributed by atoms with Gasteiger partial charge in [0.25, 0.3) is 5.91 Å². The maximum Gasteiger partial charge on any atom is 0.321 e. The van der Waals surface area contributed by atoms with Crippen molar-refractivity contribution in [1.82, 2.24) is 20.4 Å². The summed E-state index contributed by atoms with van der Waals surface area (Å²) in [5.74, 6) is 0.166. The van der Waals surface area contributed by atoms with Crippen LogP contribution >= 0.6 is 0 Å². The topological polar surface area (TPSA) is 81.8 Å². The number of urea groups is 1. The zero-order chi connectivity index (χ0) is 19.9. The average Bonchev–Trinajstić information content (AvgIpc) is 2.70. The monoisotopic (exact) mass is 386 g/mol. The van der Waals surface area contributed by atoms with Gasteiger partial charge in [-0.2, -0.15) is 0 Å². The van der Waals surface area contributed by atoms with E-state index in [1.165, 1.54) is 6.42 Å². The van der Waals surface area contributed by atoms with Gasteiger partial charge < -0.3 is 10.2 Å². The first kappa shape index (κ1) is 20.3. The van der Waals surface area contributed by atoms with E-state index < -0.39 is 6.03 Å². The van der Waals surface area contributed by atoms with E-state index in [1.807, 2.05) is 35.2 Å². The summed E-state index contributed by atoms with van der Waals surface area (Å²) in [6.07, 6.45) is 4.42. The van der Waals surface area contributed by atoms with Crippen molar-refractivity contribution in [3.05, 3.63) is 35.9 Å². The standard InChI is InChI=1S/C21H30N4O3/c1-16-7-5-6-10-18(16)22-21(28)23-19(26)15-24-11-13-25(14-12-24)20(27)17-8-3-2-4-9-17/h2-4,8-9,16,18H,5-7,10-15H2,1H3,(H2,22,23,26,28). The van der Waals surface area contributed by atoms with E-state index in [0.29, 0.717) is 37.7 Å². The van der Waals surface area contributed by atoms with Crippen LogP contribution in [0.1, 0.15) is 43.0 Å². The first-order valence-corrected chi connectivity index (χ1v) is 10.2. The Bertz CT molecular complexity index is 686. The van der Waals surface area contributed by atoms with Crippen molar-refractivity contribution >= 4 is 17.8 Å². The lowest BCUT2D eigenvalue weighted by atomic mass is 9.86. The number of nitrogens with one attached hydrogen (secondary N) is 2. The molecular formula is C21H30N4O3. The first-order valence-electron chi connectivity index (χ1n) is 10.2. The molecule has 2 aliphatic rings. The van der Waals surface area contributed by atoms with Crippen molar-refractivity contribution in [3.63, 3.8) is 0 Å². The lowest BCUT2D eigenvalue weighted by Gasteiger charge is -2.34. The number of nitrogens with zero attached hydrogens (tertiary/aromatic N) is 2. The van der Waals surface area contributed by atoms with Gasteiger partial charge in [-0.3, -0.25) is 19.8 Å². The minimum atomic E-state index is -0.401. The Morgan fingerprint density at radius 2 is 1.68 bits per heavy atom. The molecule has 1 aliphatic heterocycles. The fraction of sp³-hybridized carbons (Fsp3) is 0.571. The van der Waals surface area contributed by atoms with Crippen LogP contribution in [-0.2, 0) is 4.79 Å². The fourth-order valence-corrected chi connectivity index (χ4v) is 3.98. The lowest BCUT2D eigenvalue weighted by molar-refractivity contribution is -0.121. The molecule has 28 heavy (non-hydrogen) atoms. The van der Waals surface area contributed by atoms with E-state index in [9.17, 15) is 14.4 Å². The molecule has 1 saturated heterocycles. The third kappa shape index (κ3) is 5.55. The number of carbonyl (C=O) groups excluding carboxylic acids is 3. The van der Waals surface area contributed by atoms with Crippen LogP contribution in [0.3, 0.4) is 0 Å². The van der Waals surface area contributed by atoms with E-state index in [2.05, 4.69) is 17.6 Å². The highest BCUT2D eigenvalue weighted by molar-refractivity contribution is 5.95. The predicted octanol–water partition coefficient (Wildman–Crippen LogP) is 1.85.